The quantitative estimate of drug-likeness (QED) is 0.593. The van der Waals surface area contributed by atoms with Crippen LogP contribution >= 0.6 is 0 Å². The predicted octanol–water partition coefficient (Wildman–Crippen LogP) is 3.50. The molecule has 1 saturated heterocycles. The van der Waals surface area contributed by atoms with Gasteiger partial charge in [-0.1, -0.05) is 12.1 Å². The van der Waals surface area contributed by atoms with Crippen molar-refractivity contribution in [2.24, 2.45) is 11.7 Å². The van der Waals surface area contributed by atoms with Gasteiger partial charge in [0.15, 0.2) is 0 Å². The molecule has 0 amide bonds. The van der Waals surface area contributed by atoms with Gasteiger partial charge in [-0.15, -0.1) is 0 Å². The van der Waals surface area contributed by atoms with Crippen LogP contribution in [0.4, 0.5) is 11.6 Å². The summed E-state index contributed by atoms with van der Waals surface area (Å²) in [5, 5.41) is 0. The molecule has 1 aliphatic heterocycles. The number of pyridine rings is 1. The molecule has 2 fully saturated rings. The molecule has 3 aromatic rings. The van der Waals surface area contributed by atoms with Crippen molar-refractivity contribution in [2.75, 3.05) is 30.3 Å². The van der Waals surface area contributed by atoms with E-state index in [2.05, 4.69) is 14.9 Å². The Hall–Kier alpha value is -3.19. The standard InChI is InChI=1S/C24H28N6O/c25-19-6-3-17(4-7-19)23-21(14-28-24(29-23)30-11-9-20(26)10-12-30)18-5-8-22(27-13-18)31-15-16-1-2-16/h3-8,13-14,16,20H,1-2,9-12,15,25-26H2. The molecule has 0 radical (unpaired) electrons. The summed E-state index contributed by atoms with van der Waals surface area (Å²) >= 11 is 0. The van der Waals surface area contributed by atoms with E-state index < -0.39 is 0 Å². The smallest absolute Gasteiger partial charge is 0.225 e. The minimum atomic E-state index is 0.263. The number of nitrogens with zero attached hydrogens (tertiary/aromatic N) is 4. The van der Waals surface area contributed by atoms with E-state index in [0.29, 0.717) is 11.8 Å². The van der Waals surface area contributed by atoms with Gasteiger partial charge in [0, 0.05) is 60.0 Å². The van der Waals surface area contributed by atoms with Gasteiger partial charge in [0.1, 0.15) is 0 Å². The lowest BCUT2D eigenvalue weighted by Crippen LogP contribution is -2.40. The second-order valence-electron chi connectivity index (χ2n) is 8.52. The Morgan fingerprint density at radius 2 is 1.65 bits per heavy atom. The van der Waals surface area contributed by atoms with Crippen molar-refractivity contribution in [2.45, 2.75) is 31.7 Å². The van der Waals surface area contributed by atoms with E-state index in [1.54, 1.807) is 0 Å². The van der Waals surface area contributed by atoms with Gasteiger partial charge in [0.2, 0.25) is 11.8 Å². The fourth-order valence-electron chi connectivity index (χ4n) is 3.81. The van der Waals surface area contributed by atoms with E-state index >= 15 is 0 Å². The third kappa shape index (κ3) is 4.61. The number of nitrogen functional groups attached to an aromatic ring is 1. The monoisotopic (exact) mass is 416 g/mol. The van der Waals surface area contributed by atoms with Crippen LogP contribution in [0.3, 0.4) is 0 Å². The van der Waals surface area contributed by atoms with Crippen LogP contribution in [0, 0.1) is 5.92 Å². The molecule has 0 spiro atoms. The molecule has 4 N–H and O–H groups in total. The minimum absolute atomic E-state index is 0.263. The third-order valence-electron chi connectivity index (χ3n) is 5.99. The Morgan fingerprint density at radius 3 is 2.32 bits per heavy atom. The number of aromatic nitrogens is 3. The molecule has 0 bridgehead atoms. The van der Waals surface area contributed by atoms with Crippen LogP contribution in [-0.4, -0.2) is 40.7 Å². The summed E-state index contributed by atoms with van der Waals surface area (Å²) < 4.78 is 5.78. The molecule has 160 valence electrons. The number of hydrogen-bond donors (Lipinski definition) is 2. The average Bonchev–Trinajstić information content (AvgIpc) is 3.63. The Labute approximate surface area is 182 Å². The van der Waals surface area contributed by atoms with Gasteiger partial charge in [-0.3, -0.25) is 0 Å². The van der Waals surface area contributed by atoms with Gasteiger partial charge in [0.05, 0.1) is 12.3 Å². The maximum absolute atomic E-state index is 6.07. The van der Waals surface area contributed by atoms with Gasteiger partial charge in [-0.05, 0) is 49.8 Å². The van der Waals surface area contributed by atoms with Crippen molar-refractivity contribution in [3.63, 3.8) is 0 Å². The molecule has 0 unspecified atom stereocenters. The maximum atomic E-state index is 6.07. The third-order valence-corrected chi connectivity index (χ3v) is 5.99. The summed E-state index contributed by atoms with van der Waals surface area (Å²) in [6, 6.07) is 12.0. The second-order valence-corrected chi connectivity index (χ2v) is 8.52. The van der Waals surface area contributed by atoms with E-state index in [9.17, 15) is 0 Å². The first kappa shape index (κ1) is 19.8. The zero-order valence-electron chi connectivity index (χ0n) is 17.6. The topological polar surface area (TPSA) is 103 Å². The van der Waals surface area contributed by atoms with Gasteiger partial charge >= 0.3 is 0 Å². The first-order valence-electron chi connectivity index (χ1n) is 11.0. The summed E-state index contributed by atoms with van der Waals surface area (Å²) in [5.74, 6) is 2.09. The first-order valence-corrected chi connectivity index (χ1v) is 11.0. The average molecular weight is 417 g/mol. The molecule has 2 aliphatic rings. The van der Waals surface area contributed by atoms with Crippen molar-refractivity contribution in [1.29, 1.82) is 0 Å². The van der Waals surface area contributed by atoms with Crippen LogP contribution < -0.4 is 21.1 Å². The van der Waals surface area contributed by atoms with Gasteiger partial charge in [-0.2, -0.15) is 0 Å². The van der Waals surface area contributed by atoms with Crippen molar-refractivity contribution < 1.29 is 4.74 Å². The molecule has 2 aromatic heterocycles. The summed E-state index contributed by atoms with van der Waals surface area (Å²) in [4.78, 5) is 16.4. The highest BCUT2D eigenvalue weighted by molar-refractivity contribution is 5.81. The summed E-state index contributed by atoms with van der Waals surface area (Å²) in [7, 11) is 0. The van der Waals surface area contributed by atoms with Crippen LogP contribution in [0.1, 0.15) is 25.7 Å². The lowest BCUT2D eigenvalue weighted by atomic mass is 10.0. The van der Waals surface area contributed by atoms with E-state index in [4.69, 9.17) is 21.2 Å². The van der Waals surface area contributed by atoms with Crippen molar-refractivity contribution in [3.8, 4) is 28.3 Å². The van der Waals surface area contributed by atoms with Crippen LogP contribution in [0.15, 0.2) is 48.8 Å². The molecule has 5 rings (SSSR count). The molecular formula is C24H28N6O. The van der Waals surface area contributed by atoms with Crippen LogP contribution in [-0.2, 0) is 0 Å². The molecule has 1 aromatic carbocycles. The molecule has 7 nitrogen and oxygen atoms in total. The Kier molecular flexibility index (Phi) is 5.42. The number of rotatable bonds is 6. The molecule has 0 atom stereocenters. The lowest BCUT2D eigenvalue weighted by Gasteiger charge is -2.30. The number of nitrogens with two attached hydrogens (primary N) is 2. The number of benzene rings is 1. The molecule has 31 heavy (non-hydrogen) atoms. The normalized spacial score (nSPS) is 17.0. The van der Waals surface area contributed by atoms with E-state index in [1.807, 2.05) is 48.8 Å². The van der Waals surface area contributed by atoms with Crippen LogP contribution in [0.25, 0.3) is 22.4 Å². The number of anilines is 2. The Morgan fingerprint density at radius 1 is 0.903 bits per heavy atom. The SMILES string of the molecule is Nc1ccc(-c2nc(N3CCC(N)CC3)ncc2-c2ccc(OCC3CC3)nc2)cc1. The lowest BCUT2D eigenvalue weighted by molar-refractivity contribution is 0.288. The van der Waals surface area contributed by atoms with Crippen LogP contribution in [0.5, 0.6) is 5.88 Å². The van der Waals surface area contributed by atoms with Crippen LogP contribution in [0.2, 0.25) is 0 Å². The number of ether oxygens (including phenoxy) is 1. The molecular weight excluding hydrogens is 388 g/mol. The highest BCUT2D eigenvalue weighted by atomic mass is 16.5. The fraction of sp³-hybridized carbons (Fsp3) is 0.375. The molecule has 1 saturated carbocycles. The van der Waals surface area contributed by atoms with E-state index in [0.717, 1.165) is 66.6 Å². The Bertz CT molecular complexity index is 1020. The largest absolute Gasteiger partial charge is 0.477 e. The minimum Gasteiger partial charge on any atom is -0.477 e. The maximum Gasteiger partial charge on any atom is 0.225 e. The highest BCUT2D eigenvalue weighted by Gasteiger charge is 2.22. The van der Waals surface area contributed by atoms with E-state index in [-0.39, 0.29) is 6.04 Å². The van der Waals surface area contributed by atoms with Crippen molar-refractivity contribution in [1.82, 2.24) is 15.0 Å². The Balaban J connectivity index is 1.47. The van der Waals surface area contributed by atoms with Crippen molar-refractivity contribution in [3.05, 3.63) is 48.8 Å². The zero-order chi connectivity index (χ0) is 21.2. The van der Waals surface area contributed by atoms with E-state index in [1.165, 1.54) is 12.8 Å². The fourth-order valence-corrected chi connectivity index (χ4v) is 3.81. The number of piperidine rings is 1. The highest BCUT2D eigenvalue weighted by Crippen LogP contribution is 2.33. The first-order chi connectivity index (χ1) is 15.2. The zero-order valence-corrected chi connectivity index (χ0v) is 17.6. The predicted molar refractivity (Wildman–Crippen MR) is 123 cm³/mol. The van der Waals surface area contributed by atoms with Gasteiger partial charge in [0.25, 0.3) is 0 Å². The van der Waals surface area contributed by atoms with Crippen molar-refractivity contribution >= 4 is 11.6 Å². The summed E-state index contributed by atoms with van der Waals surface area (Å²) in [5.41, 5.74) is 16.5. The summed E-state index contributed by atoms with van der Waals surface area (Å²) in [6.07, 6.45) is 8.15. The second kappa shape index (κ2) is 8.51. The number of hydrogen-bond acceptors (Lipinski definition) is 7. The molecule has 1 aliphatic carbocycles. The summed E-state index contributed by atoms with van der Waals surface area (Å²) in [6.45, 7) is 2.49. The van der Waals surface area contributed by atoms with Gasteiger partial charge < -0.3 is 21.1 Å². The molecule has 7 heteroatoms. The van der Waals surface area contributed by atoms with Gasteiger partial charge in [-0.25, -0.2) is 15.0 Å². The molecule has 3 heterocycles.